The molecule has 0 fully saturated rings. The molecule has 2 atom stereocenters. The highest BCUT2D eigenvalue weighted by Crippen LogP contribution is 2.15. The lowest BCUT2D eigenvalue weighted by atomic mass is 9.99. The zero-order valence-corrected chi connectivity index (χ0v) is 12.5. The van der Waals surface area contributed by atoms with Crippen molar-refractivity contribution in [3.05, 3.63) is 12.2 Å². The first-order valence-electron chi connectivity index (χ1n) is 7.33. The summed E-state index contributed by atoms with van der Waals surface area (Å²) in [5.41, 5.74) is 0. The fraction of sp³-hybridized carbons (Fsp3) is 0.733. The fourth-order valence-corrected chi connectivity index (χ4v) is 1.72. The van der Waals surface area contributed by atoms with Crippen molar-refractivity contribution in [3.8, 4) is 0 Å². The van der Waals surface area contributed by atoms with Crippen molar-refractivity contribution in [2.24, 2.45) is 5.92 Å². The second-order valence-corrected chi connectivity index (χ2v) is 4.95. The van der Waals surface area contributed by atoms with Crippen molar-refractivity contribution in [1.82, 2.24) is 0 Å². The maximum atomic E-state index is 11.8. The zero-order chi connectivity index (χ0) is 16.1. The molecule has 3 N–H and O–H groups in total. The van der Waals surface area contributed by atoms with Gasteiger partial charge in [0, 0.05) is 0 Å². The summed E-state index contributed by atoms with van der Waals surface area (Å²) in [6, 6.07) is 0. The van der Waals surface area contributed by atoms with Crippen LogP contribution in [0.5, 0.6) is 0 Å². The third kappa shape index (κ3) is 11.0. The largest absolute Gasteiger partial charge is 0.481 e. The molecular weight excluding hydrogens is 276 g/mol. The second kappa shape index (κ2) is 12.3. The van der Waals surface area contributed by atoms with Gasteiger partial charge in [-0.15, -0.1) is 0 Å². The van der Waals surface area contributed by atoms with Crippen LogP contribution in [0.3, 0.4) is 0 Å². The highest BCUT2D eigenvalue weighted by atomic mass is 16.5. The molecule has 0 aliphatic carbocycles. The first-order chi connectivity index (χ1) is 10.0. The Labute approximate surface area is 125 Å². The van der Waals surface area contributed by atoms with Crippen molar-refractivity contribution in [1.29, 1.82) is 0 Å². The monoisotopic (exact) mass is 302 g/mol. The Balaban J connectivity index is 4.21. The third-order valence-electron chi connectivity index (χ3n) is 2.96. The molecule has 0 aromatic carbocycles. The Bertz CT molecular complexity index is 326. The molecule has 0 spiro atoms. The number of carboxylic acids is 1. The van der Waals surface area contributed by atoms with E-state index in [-0.39, 0.29) is 13.0 Å². The molecule has 6 heteroatoms. The van der Waals surface area contributed by atoms with Crippen molar-refractivity contribution in [3.63, 3.8) is 0 Å². The van der Waals surface area contributed by atoms with Gasteiger partial charge >= 0.3 is 11.9 Å². The van der Waals surface area contributed by atoms with Crippen LogP contribution in [0.4, 0.5) is 0 Å². The maximum Gasteiger partial charge on any atom is 0.309 e. The van der Waals surface area contributed by atoms with Gasteiger partial charge in [-0.3, -0.25) is 9.59 Å². The second-order valence-electron chi connectivity index (χ2n) is 4.95. The van der Waals surface area contributed by atoms with Crippen molar-refractivity contribution in [2.45, 2.75) is 51.6 Å². The number of unbranched alkanes of at least 4 members (excludes halogenated alkanes) is 2. The summed E-state index contributed by atoms with van der Waals surface area (Å²) < 4.78 is 4.82. The topological polar surface area (TPSA) is 104 Å². The van der Waals surface area contributed by atoms with E-state index in [1.165, 1.54) is 0 Å². The van der Waals surface area contributed by atoms with Gasteiger partial charge in [0.1, 0.15) is 12.7 Å². The normalized spacial score (nSPS) is 14.0. The van der Waals surface area contributed by atoms with Crippen molar-refractivity contribution in [2.75, 3.05) is 13.2 Å². The Morgan fingerprint density at radius 2 is 1.90 bits per heavy atom. The average molecular weight is 302 g/mol. The standard InChI is InChI=1S/C15H26O6/c1-2-3-4-5-6-7-8-12(9-14(18)19)15(20)21-11-13(17)10-16/h5-6,12-13,16-17H,2-4,7-11H2,1H3,(H,18,19)/b6-5+. The predicted octanol–water partition coefficient (Wildman–Crippen LogP) is 1.50. The Morgan fingerprint density at radius 3 is 2.48 bits per heavy atom. The summed E-state index contributed by atoms with van der Waals surface area (Å²) in [5.74, 6) is -2.44. The van der Waals surface area contributed by atoms with E-state index < -0.39 is 30.6 Å². The smallest absolute Gasteiger partial charge is 0.309 e. The van der Waals surface area contributed by atoms with Gasteiger partial charge in [0.05, 0.1) is 18.9 Å². The zero-order valence-electron chi connectivity index (χ0n) is 12.5. The molecule has 2 unspecified atom stereocenters. The highest BCUT2D eigenvalue weighted by Gasteiger charge is 2.23. The number of aliphatic hydroxyl groups excluding tert-OH is 2. The molecule has 0 aliphatic rings. The van der Waals surface area contributed by atoms with Crippen LogP contribution in [-0.2, 0) is 14.3 Å². The molecule has 0 radical (unpaired) electrons. The quantitative estimate of drug-likeness (QED) is 0.287. The van der Waals surface area contributed by atoms with Crippen molar-refractivity contribution < 1.29 is 29.6 Å². The van der Waals surface area contributed by atoms with Gasteiger partial charge < -0.3 is 20.1 Å². The summed E-state index contributed by atoms with van der Waals surface area (Å²) in [4.78, 5) is 22.5. The third-order valence-corrected chi connectivity index (χ3v) is 2.96. The van der Waals surface area contributed by atoms with Gasteiger partial charge in [-0.1, -0.05) is 31.9 Å². The van der Waals surface area contributed by atoms with Crippen LogP contribution in [0.15, 0.2) is 12.2 Å². The van der Waals surface area contributed by atoms with E-state index >= 15 is 0 Å². The van der Waals surface area contributed by atoms with Gasteiger partial charge in [0.2, 0.25) is 0 Å². The molecule has 0 saturated carbocycles. The minimum atomic E-state index is -1.13. The summed E-state index contributed by atoms with van der Waals surface area (Å²) >= 11 is 0. The summed E-state index contributed by atoms with van der Waals surface area (Å²) in [6.45, 7) is 1.28. The lowest BCUT2D eigenvalue weighted by Crippen LogP contribution is -2.27. The fourth-order valence-electron chi connectivity index (χ4n) is 1.72. The van der Waals surface area contributed by atoms with Crippen LogP contribution in [-0.4, -0.2) is 46.6 Å². The van der Waals surface area contributed by atoms with E-state index in [1.807, 2.05) is 12.2 Å². The molecule has 0 rings (SSSR count). The van der Waals surface area contributed by atoms with Crippen LogP contribution in [0.1, 0.15) is 45.4 Å². The van der Waals surface area contributed by atoms with Gasteiger partial charge in [-0.05, 0) is 19.3 Å². The number of hydrogen-bond acceptors (Lipinski definition) is 5. The number of ether oxygens (including phenoxy) is 1. The number of allylic oxidation sites excluding steroid dienone is 2. The Kier molecular flexibility index (Phi) is 11.5. The van der Waals surface area contributed by atoms with E-state index in [2.05, 4.69) is 6.92 Å². The number of carbonyl (C=O) groups is 2. The number of esters is 1. The van der Waals surface area contributed by atoms with Gasteiger partial charge in [-0.2, -0.15) is 0 Å². The molecule has 0 bridgehead atoms. The SMILES string of the molecule is CCCC/C=C/CCC(CC(=O)O)C(=O)OCC(O)CO. The minimum absolute atomic E-state index is 0.295. The average Bonchev–Trinajstić information content (AvgIpc) is 2.46. The summed E-state index contributed by atoms with van der Waals surface area (Å²) in [6.07, 6.45) is 6.75. The maximum absolute atomic E-state index is 11.8. The lowest BCUT2D eigenvalue weighted by molar-refractivity contribution is -0.156. The number of carbonyl (C=O) groups excluding carboxylic acids is 1. The molecule has 0 aliphatic heterocycles. The molecule has 6 nitrogen and oxygen atoms in total. The van der Waals surface area contributed by atoms with E-state index in [0.29, 0.717) is 12.8 Å². The van der Waals surface area contributed by atoms with Gasteiger partial charge in [-0.25, -0.2) is 0 Å². The van der Waals surface area contributed by atoms with Crippen LogP contribution >= 0.6 is 0 Å². The molecule has 0 aromatic heterocycles. The number of aliphatic carboxylic acids is 1. The van der Waals surface area contributed by atoms with Crippen LogP contribution < -0.4 is 0 Å². The molecule has 0 saturated heterocycles. The van der Waals surface area contributed by atoms with Crippen LogP contribution in [0.25, 0.3) is 0 Å². The van der Waals surface area contributed by atoms with E-state index in [0.717, 1.165) is 19.3 Å². The number of carboxylic acid groups (broad SMARTS) is 1. The van der Waals surface area contributed by atoms with E-state index in [4.69, 9.17) is 20.1 Å². The van der Waals surface area contributed by atoms with E-state index in [1.54, 1.807) is 0 Å². The summed E-state index contributed by atoms with van der Waals surface area (Å²) in [5, 5.41) is 26.6. The van der Waals surface area contributed by atoms with Crippen molar-refractivity contribution >= 4 is 11.9 Å². The molecule has 0 heterocycles. The molecule has 0 aromatic rings. The predicted molar refractivity (Wildman–Crippen MR) is 77.7 cm³/mol. The number of aliphatic hydroxyl groups is 2. The number of rotatable bonds is 12. The molecule has 21 heavy (non-hydrogen) atoms. The van der Waals surface area contributed by atoms with Gasteiger partial charge in [0.25, 0.3) is 0 Å². The van der Waals surface area contributed by atoms with Crippen LogP contribution in [0.2, 0.25) is 0 Å². The first-order valence-corrected chi connectivity index (χ1v) is 7.33. The molecule has 122 valence electrons. The highest BCUT2D eigenvalue weighted by molar-refractivity contribution is 5.79. The van der Waals surface area contributed by atoms with E-state index in [9.17, 15) is 9.59 Å². The Morgan fingerprint density at radius 1 is 1.24 bits per heavy atom. The van der Waals surface area contributed by atoms with Gasteiger partial charge in [0.15, 0.2) is 0 Å². The first kappa shape index (κ1) is 19.6. The Hall–Kier alpha value is -1.40. The molecule has 0 amide bonds. The summed E-state index contributed by atoms with van der Waals surface area (Å²) in [7, 11) is 0. The molecular formula is C15H26O6. The van der Waals surface area contributed by atoms with Crippen LogP contribution in [0, 0.1) is 5.92 Å². The lowest BCUT2D eigenvalue weighted by Gasteiger charge is -2.14. The minimum Gasteiger partial charge on any atom is -0.481 e. The number of hydrogen-bond donors (Lipinski definition) is 3.